The van der Waals surface area contributed by atoms with E-state index in [1.165, 1.54) is 6.42 Å². The zero-order valence-electron chi connectivity index (χ0n) is 17.9. The number of hydrogen-bond acceptors (Lipinski definition) is 5. The Morgan fingerprint density at radius 3 is 2.55 bits per heavy atom. The first-order chi connectivity index (χ1) is 15.2. The number of anilines is 2. The largest absolute Gasteiger partial charge is 0.495 e. The topological polar surface area (TPSA) is 81.5 Å². The Morgan fingerprint density at radius 1 is 1.00 bits per heavy atom. The molecule has 1 aliphatic heterocycles. The van der Waals surface area contributed by atoms with E-state index in [4.69, 9.17) is 9.47 Å². The minimum Gasteiger partial charge on any atom is -0.495 e. The van der Waals surface area contributed by atoms with Gasteiger partial charge in [-0.15, -0.1) is 10.2 Å². The van der Waals surface area contributed by atoms with Gasteiger partial charge in [0.05, 0.1) is 32.1 Å². The van der Waals surface area contributed by atoms with Crippen molar-refractivity contribution in [2.75, 3.05) is 24.4 Å². The first kappa shape index (κ1) is 20.7. The van der Waals surface area contributed by atoms with E-state index in [2.05, 4.69) is 20.1 Å². The maximum Gasteiger partial charge on any atom is 0.326 e. The molecule has 8 nitrogen and oxygen atoms in total. The molecule has 3 aromatic rings. The van der Waals surface area contributed by atoms with Gasteiger partial charge in [0, 0.05) is 13.0 Å². The predicted molar refractivity (Wildman–Crippen MR) is 119 cm³/mol. The highest BCUT2D eigenvalue weighted by Gasteiger charge is 2.24. The molecule has 0 spiro atoms. The Morgan fingerprint density at radius 2 is 1.74 bits per heavy atom. The SMILES string of the molecule is COc1ccccc1NC(=O)N(Cc1nnc2n1CCCCC2)c1ccccc1OC. The Bertz CT molecular complexity index is 1050. The van der Waals surface area contributed by atoms with Crippen molar-refractivity contribution in [1.82, 2.24) is 14.8 Å². The Labute approximate surface area is 181 Å². The smallest absolute Gasteiger partial charge is 0.326 e. The molecule has 0 saturated carbocycles. The lowest BCUT2D eigenvalue weighted by molar-refractivity contribution is 0.256. The molecule has 0 unspecified atom stereocenters. The zero-order valence-corrected chi connectivity index (χ0v) is 17.9. The van der Waals surface area contributed by atoms with E-state index < -0.39 is 0 Å². The van der Waals surface area contributed by atoms with Crippen molar-refractivity contribution in [2.45, 2.75) is 38.8 Å². The number of urea groups is 1. The summed E-state index contributed by atoms with van der Waals surface area (Å²) in [5.74, 6) is 2.94. The summed E-state index contributed by atoms with van der Waals surface area (Å²) in [7, 11) is 3.17. The Balaban J connectivity index is 1.68. The zero-order chi connectivity index (χ0) is 21.6. The highest BCUT2D eigenvalue weighted by molar-refractivity contribution is 6.03. The van der Waals surface area contributed by atoms with Crippen molar-refractivity contribution in [3.05, 3.63) is 60.2 Å². The highest BCUT2D eigenvalue weighted by atomic mass is 16.5. The summed E-state index contributed by atoms with van der Waals surface area (Å²) in [5.41, 5.74) is 1.25. The summed E-state index contributed by atoms with van der Waals surface area (Å²) < 4.78 is 13.1. The number of ether oxygens (including phenoxy) is 2. The lowest BCUT2D eigenvalue weighted by atomic mass is 10.2. The van der Waals surface area contributed by atoms with Gasteiger partial charge in [-0.1, -0.05) is 30.7 Å². The number of nitrogens with zero attached hydrogens (tertiary/aromatic N) is 4. The molecule has 1 aliphatic rings. The molecule has 0 atom stereocenters. The van der Waals surface area contributed by atoms with Crippen LogP contribution in [0.5, 0.6) is 11.5 Å². The average molecular weight is 422 g/mol. The van der Waals surface area contributed by atoms with E-state index in [0.29, 0.717) is 22.9 Å². The fourth-order valence-electron chi connectivity index (χ4n) is 3.85. The number of aryl methyl sites for hydroxylation is 1. The number of carbonyl (C=O) groups excluding carboxylic acids is 1. The van der Waals surface area contributed by atoms with E-state index in [0.717, 1.165) is 37.5 Å². The maximum absolute atomic E-state index is 13.5. The fourth-order valence-corrected chi connectivity index (χ4v) is 3.85. The van der Waals surface area contributed by atoms with Crippen LogP contribution < -0.4 is 19.7 Å². The van der Waals surface area contributed by atoms with Gasteiger partial charge < -0.3 is 19.4 Å². The van der Waals surface area contributed by atoms with Crippen molar-refractivity contribution in [2.24, 2.45) is 0 Å². The number of para-hydroxylation sites is 4. The van der Waals surface area contributed by atoms with Gasteiger partial charge in [-0.3, -0.25) is 4.90 Å². The molecule has 2 heterocycles. The average Bonchev–Trinajstić information content (AvgIpc) is 3.02. The molecule has 4 rings (SSSR count). The van der Waals surface area contributed by atoms with Crippen molar-refractivity contribution in [1.29, 1.82) is 0 Å². The molecule has 0 aliphatic carbocycles. The second-order valence-electron chi connectivity index (χ2n) is 7.38. The van der Waals surface area contributed by atoms with Crippen molar-refractivity contribution in [3.8, 4) is 11.5 Å². The van der Waals surface area contributed by atoms with Crippen LogP contribution in [0.1, 0.15) is 30.9 Å². The van der Waals surface area contributed by atoms with Gasteiger partial charge >= 0.3 is 6.03 Å². The van der Waals surface area contributed by atoms with Crippen molar-refractivity contribution >= 4 is 17.4 Å². The molecule has 31 heavy (non-hydrogen) atoms. The first-order valence-electron chi connectivity index (χ1n) is 10.5. The van der Waals surface area contributed by atoms with E-state index >= 15 is 0 Å². The third-order valence-electron chi connectivity index (χ3n) is 5.46. The lowest BCUT2D eigenvalue weighted by Gasteiger charge is -2.25. The van der Waals surface area contributed by atoms with Crippen LogP contribution in [-0.4, -0.2) is 35.0 Å². The van der Waals surface area contributed by atoms with Gasteiger partial charge in [0.15, 0.2) is 5.82 Å². The van der Waals surface area contributed by atoms with Crippen LogP contribution in [-0.2, 0) is 19.5 Å². The van der Waals surface area contributed by atoms with E-state index in [-0.39, 0.29) is 12.6 Å². The first-order valence-corrected chi connectivity index (χ1v) is 10.5. The van der Waals surface area contributed by atoms with Crippen LogP contribution >= 0.6 is 0 Å². The van der Waals surface area contributed by atoms with Gasteiger partial charge in [0.25, 0.3) is 0 Å². The molecule has 0 bridgehead atoms. The third-order valence-corrected chi connectivity index (χ3v) is 5.46. The van der Waals surface area contributed by atoms with Crippen LogP contribution in [0.25, 0.3) is 0 Å². The van der Waals surface area contributed by atoms with E-state index in [9.17, 15) is 4.79 Å². The minimum atomic E-state index is -0.306. The number of benzene rings is 2. The highest BCUT2D eigenvalue weighted by Crippen LogP contribution is 2.31. The number of nitrogens with one attached hydrogen (secondary N) is 1. The quantitative estimate of drug-likeness (QED) is 0.643. The molecule has 1 aromatic heterocycles. The standard InChI is InChI=1S/C23H27N5O3/c1-30-19-12-7-5-10-17(19)24-23(29)28(18-11-6-8-13-20(18)31-2)16-22-26-25-21-14-4-3-9-15-27(21)22/h5-8,10-13H,3-4,9,14-16H2,1-2H3,(H,24,29). The summed E-state index contributed by atoms with van der Waals surface area (Å²) in [6, 6.07) is 14.5. The van der Waals surface area contributed by atoms with E-state index in [1.54, 1.807) is 31.3 Å². The third kappa shape index (κ3) is 4.47. The Kier molecular flexibility index (Phi) is 6.35. The van der Waals surface area contributed by atoms with E-state index in [1.807, 2.05) is 36.4 Å². The van der Waals surface area contributed by atoms with Crippen LogP contribution in [0.2, 0.25) is 0 Å². The van der Waals surface area contributed by atoms with Crippen LogP contribution in [0.4, 0.5) is 16.2 Å². The number of carbonyl (C=O) groups is 1. The molecule has 162 valence electrons. The fraction of sp³-hybridized carbons (Fsp3) is 0.348. The second-order valence-corrected chi connectivity index (χ2v) is 7.38. The normalized spacial score (nSPS) is 13.1. The molecule has 0 fully saturated rings. The summed E-state index contributed by atoms with van der Waals surface area (Å²) in [6.07, 6.45) is 4.28. The maximum atomic E-state index is 13.5. The molecule has 2 amide bonds. The number of hydrogen-bond donors (Lipinski definition) is 1. The number of amides is 2. The van der Waals surface area contributed by atoms with Crippen molar-refractivity contribution < 1.29 is 14.3 Å². The Hall–Kier alpha value is -3.55. The molecular formula is C23H27N5O3. The summed E-state index contributed by atoms with van der Waals surface area (Å²) in [6.45, 7) is 1.14. The van der Waals surface area contributed by atoms with Gasteiger partial charge in [0.2, 0.25) is 0 Å². The molecule has 2 aromatic carbocycles. The van der Waals surface area contributed by atoms with Crippen LogP contribution in [0.3, 0.4) is 0 Å². The van der Waals surface area contributed by atoms with Crippen LogP contribution in [0, 0.1) is 0 Å². The number of fused-ring (bicyclic) bond motifs is 1. The monoisotopic (exact) mass is 421 g/mol. The van der Waals surface area contributed by atoms with Gasteiger partial charge in [-0.25, -0.2) is 4.79 Å². The van der Waals surface area contributed by atoms with Crippen LogP contribution in [0.15, 0.2) is 48.5 Å². The summed E-state index contributed by atoms with van der Waals surface area (Å²) >= 11 is 0. The van der Waals surface area contributed by atoms with Gasteiger partial charge in [0.1, 0.15) is 17.3 Å². The number of rotatable bonds is 6. The van der Waals surface area contributed by atoms with Gasteiger partial charge in [-0.2, -0.15) is 0 Å². The van der Waals surface area contributed by atoms with Gasteiger partial charge in [-0.05, 0) is 37.1 Å². The summed E-state index contributed by atoms with van der Waals surface area (Å²) in [4.78, 5) is 15.1. The second kappa shape index (κ2) is 9.51. The molecule has 0 radical (unpaired) electrons. The minimum absolute atomic E-state index is 0.272. The molecule has 0 saturated heterocycles. The molecule has 8 heteroatoms. The number of methoxy groups -OCH3 is 2. The lowest BCUT2D eigenvalue weighted by Crippen LogP contribution is -2.36. The molecule has 1 N–H and O–H groups in total. The predicted octanol–water partition coefficient (Wildman–Crippen LogP) is 4.26. The molecular weight excluding hydrogens is 394 g/mol. The number of aromatic nitrogens is 3. The summed E-state index contributed by atoms with van der Waals surface area (Å²) in [5, 5.41) is 11.8. The van der Waals surface area contributed by atoms with Crippen molar-refractivity contribution in [3.63, 3.8) is 0 Å².